The van der Waals surface area contributed by atoms with Crippen LogP contribution in [0.1, 0.15) is 96.8 Å². The lowest BCUT2D eigenvalue weighted by Crippen LogP contribution is -2.23. The minimum Gasteiger partial charge on any atom is -0.282 e. The fraction of sp³-hybridized carbons (Fsp3) is 0.318. The molecule has 0 amide bonds. The Morgan fingerprint density at radius 3 is 1.52 bits per heavy atom. The first-order valence-electron chi connectivity index (χ1n) is 19.8. The molecule has 0 aliphatic heterocycles. The molecule has 0 bridgehead atoms. The summed E-state index contributed by atoms with van der Waals surface area (Å²) in [4.78, 5) is -0.424. The second-order valence-corrected chi connectivity index (χ2v) is 18.7. The minimum atomic E-state index is -4.70. The fourth-order valence-electron chi connectivity index (χ4n) is 8.74. The van der Waals surface area contributed by atoms with E-state index in [2.05, 4.69) is 10.2 Å². The quantitative estimate of drug-likeness (QED) is 0.0666. The summed E-state index contributed by atoms with van der Waals surface area (Å²) >= 11 is 25.3. The Morgan fingerprint density at radius 2 is 1.05 bits per heavy atom. The van der Waals surface area contributed by atoms with Gasteiger partial charge in [0.25, 0.3) is 10.1 Å². The SMILES string of the molecule is O=S(=O)(O)c1ccc2c(c1)-c1c(c(C(CCCCCCCCC(c3nn(-c4ccc(Cl)cc4Cl)c4c3Cc3ccccc3-4)C(F)(F)F)C(F)(F)F)nn1-c1ccc(Cl)cc1Cl)C2. The van der Waals surface area contributed by atoms with Gasteiger partial charge in [-0.15, -0.1) is 0 Å². The Balaban J connectivity index is 0.956. The molecule has 62 heavy (non-hydrogen) atoms. The Kier molecular flexibility index (Phi) is 12.3. The molecule has 1 N–H and O–H groups in total. The van der Waals surface area contributed by atoms with E-state index >= 15 is 0 Å². The van der Waals surface area contributed by atoms with Gasteiger partial charge in [0, 0.05) is 45.1 Å². The maximum absolute atomic E-state index is 14.9. The van der Waals surface area contributed by atoms with Crippen LogP contribution < -0.4 is 0 Å². The molecule has 0 radical (unpaired) electrons. The number of unbranched alkanes of at least 4 members (excludes halogenated alkanes) is 5. The summed E-state index contributed by atoms with van der Waals surface area (Å²) in [5.41, 5.74) is 4.42. The molecule has 2 unspecified atom stereocenters. The molecular weight excluding hydrogens is 920 g/mol. The molecular formula is C44H36Cl4F6N4O3S. The van der Waals surface area contributed by atoms with Crippen molar-refractivity contribution in [3.05, 3.63) is 133 Å². The maximum Gasteiger partial charge on any atom is 0.397 e. The van der Waals surface area contributed by atoms with Crippen molar-refractivity contribution in [1.29, 1.82) is 0 Å². The largest absolute Gasteiger partial charge is 0.397 e. The summed E-state index contributed by atoms with van der Waals surface area (Å²) < 4.78 is 126. The van der Waals surface area contributed by atoms with Crippen molar-refractivity contribution >= 4 is 56.5 Å². The lowest BCUT2D eigenvalue weighted by Gasteiger charge is -2.20. The van der Waals surface area contributed by atoms with E-state index in [0.717, 1.165) is 11.1 Å². The molecule has 2 aromatic heterocycles. The van der Waals surface area contributed by atoms with Gasteiger partial charge in [0.15, 0.2) is 0 Å². The molecule has 2 aliphatic rings. The number of aromatic nitrogens is 4. The van der Waals surface area contributed by atoms with Crippen LogP contribution in [0.15, 0.2) is 83.8 Å². The molecule has 0 saturated heterocycles. The number of halogens is 10. The molecule has 2 atom stereocenters. The van der Waals surface area contributed by atoms with Gasteiger partial charge in [-0.1, -0.05) is 115 Å². The van der Waals surface area contributed by atoms with Crippen LogP contribution in [-0.2, 0) is 23.0 Å². The van der Waals surface area contributed by atoms with Crippen molar-refractivity contribution in [2.24, 2.45) is 0 Å². The van der Waals surface area contributed by atoms with E-state index in [4.69, 9.17) is 46.4 Å². The summed E-state index contributed by atoms with van der Waals surface area (Å²) in [6.45, 7) is 0. The van der Waals surface area contributed by atoms with E-state index in [9.17, 15) is 39.3 Å². The Hall–Kier alpha value is -4.05. The maximum atomic E-state index is 14.9. The number of hydrogen-bond donors (Lipinski definition) is 1. The average molecular weight is 957 g/mol. The van der Waals surface area contributed by atoms with Gasteiger partial charge >= 0.3 is 12.4 Å². The molecule has 326 valence electrons. The molecule has 2 heterocycles. The third-order valence-electron chi connectivity index (χ3n) is 11.6. The van der Waals surface area contributed by atoms with Crippen molar-refractivity contribution in [3.8, 4) is 33.9 Å². The molecule has 6 aromatic rings. The monoisotopic (exact) mass is 954 g/mol. The van der Waals surface area contributed by atoms with Crippen molar-refractivity contribution in [3.63, 3.8) is 0 Å². The van der Waals surface area contributed by atoms with Crippen LogP contribution >= 0.6 is 46.4 Å². The molecule has 0 fully saturated rings. The summed E-state index contributed by atoms with van der Waals surface area (Å²) in [7, 11) is -4.64. The Bertz CT molecular complexity index is 2810. The topological polar surface area (TPSA) is 90.0 Å². The fourth-order valence-corrected chi connectivity index (χ4v) is 10.2. The Morgan fingerprint density at radius 1 is 0.597 bits per heavy atom. The smallest absolute Gasteiger partial charge is 0.282 e. The highest BCUT2D eigenvalue weighted by Gasteiger charge is 2.46. The lowest BCUT2D eigenvalue weighted by atomic mass is 9.92. The van der Waals surface area contributed by atoms with Crippen LogP contribution in [-0.4, -0.2) is 44.9 Å². The van der Waals surface area contributed by atoms with Gasteiger partial charge in [-0.25, -0.2) is 9.36 Å². The standard InChI is InChI=1S/C44H36Cl4F6N4O3S/c45-26-14-17-37(35(47)21-26)57-41-29-10-8-7-9-24(29)19-31(41)39(55-57)33(43(49,50)51)11-5-3-1-2-4-6-12-34(44(52,53)54)40-32-20-25-13-16-28(62(59,60)61)23-30(25)42(32)58(56-40)38-18-15-27(46)22-36(38)48/h7-10,13-18,21-23,33-34H,1-6,11-12,19-20H2,(H,59,60,61). The highest BCUT2D eigenvalue weighted by atomic mass is 35.5. The average Bonchev–Trinajstić information content (AvgIpc) is 3.94. The zero-order valence-corrected chi connectivity index (χ0v) is 36.3. The van der Waals surface area contributed by atoms with Crippen molar-refractivity contribution in [2.45, 2.75) is 93.3 Å². The molecule has 0 spiro atoms. The third kappa shape index (κ3) is 8.75. The first-order chi connectivity index (χ1) is 29.3. The summed E-state index contributed by atoms with van der Waals surface area (Å²) in [5.74, 6) is -3.83. The number of nitrogens with zero attached hydrogens (tertiary/aromatic N) is 4. The predicted molar refractivity (Wildman–Crippen MR) is 228 cm³/mol. The Labute approximate surface area is 373 Å². The van der Waals surface area contributed by atoms with Crippen LogP contribution in [0.5, 0.6) is 0 Å². The number of fused-ring (bicyclic) bond motifs is 6. The first kappa shape index (κ1) is 44.6. The molecule has 0 saturated carbocycles. The van der Waals surface area contributed by atoms with E-state index in [0.29, 0.717) is 58.8 Å². The predicted octanol–water partition coefficient (Wildman–Crippen LogP) is 14.2. The van der Waals surface area contributed by atoms with Crippen LogP contribution in [0.25, 0.3) is 33.9 Å². The number of benzene rings is 4. The van der Waals surface area contributed by atoms with Gasteiger partial charge in [-0.3, -0.25) is 4.55 Å². The minimum absolute atomic E-state index is 0.0350. The van der Waals surface area contributed by atoms with E-state index in [1.165, 1.54) is 51.8 Å². The number of rotatable bonds is 14. The van der Waals surface area contributed by atoms with Crippen molar-refractivity contribution in [2.75, 3.05) is 0 Å². The zero-order chi connectivity index (χ0) is 44.3. The first-order valence-corrected chi connectivity index (χ1v) is 22.7. The summed E-state index contributed by atoms with van der Waals surface area (Å²) in [5, 5.41) is 10.0. The van der Waals surface area contributed by atoms with Gasteiger partial charge in [0.2, 0.25) is 0 Å². The molecule has 18 heteroatoms. The summed E-state index contributed by atoms with van der Waals surface area (Å²) in [6, 6.07) is 20.4. The van der Waals surface area contributed by atoms with Crippen LogP contribution in [0.3, 0.4) is 0 Å². The second-order valence-electron chi connectivity index (χ2n) is 15.6. The van der Waals surface area contributed by atoms with Gasteiger partial charge in [-0.05, 0) is 72.5 Å². The number of alkyl halides is 6. The zero-order valence-electron chi connectivity index (χ0n) is 32.5. The second kappa shape index (κ2) is 17.2. The van der Waals surface area contributed by atoms with Crippen LogP contribution in [0.2, 0.25) is 20.1 Å². The van der Waals surface area contributed by atoms with Crippen LogP contribution in [0.4, 0.5) is 26.3 Å². The van der Waals surface area contributed by atoms with E-state index in [1.807, 2.05) is 24.3 Å². The van der Waals surface area contributed by atoms with Gasteiger partial charge in [0.1, 0.15) is 0 Å². The molecule has 7 nitrogen and oxygen atoms in total. The highest BCUT2D eigenvalue weighted by Crippen LogP contribution is 2.50. The normalized spacial score (nSPS) is 14.4. The highest BCUT2D eigenvalue weighted by molar-refractivity contribution is 7.85. The number of hydrogen-bond acceptors (Lipinski definition) is 4. The van der Waals surface area contributed by atoms with Gasteiger partial charge in [0.05, 0.1) is 60.9 Å². The van der Waals surface area contributed by atoms with E-state index in [-0.39, 0.29) is 81.9 Å². The molecule has 2 aliphatic carbocycles. The van der Waals surface area contributed by atoms with Gasteiger partial charge < -0.3 is 0 Å². The molecule has 4 aromatic carbocycles. The van der Waals surface area contributed by atoms with E-state index in [1.54, 1.807) is 12.1 Å². The van der Waals surface area contributed by atoms with Crippen molar-refractivity contribution in [1.82, 2.24) is 19.6 Å². The molecule has 8 rings (SSSR count). The van der Waals surface area contributed by atoms with Crippen molar-refractivity contribution < 1.29 is 39.3 Å². The third-order valence-corrected chi connectivity index (χ3v) is 13.6. The van der Waals surface area contributed by atoms with Crippen LogP contribution in [0, 0.1) is 0 Å². The summed E-state index contributed by atoms with van der Waals surface area (Å²) in [6.07, 6.45) is -7.25. The van der Waals surface area contributed by atoms with Gasteiger partial charge in [-0.2, -0.15) is 45.0 Å². The van der Waals surface area contributed by atoms with E-state index < -0.39 is 39.2 Å². The lowest BCUT2D eigenvalue weighted by molar-refractivity contribution is -0.154.